The van der Waals surface area contributed by atoms with Crippen LogP contribution in [-0.4, -0.2) is 53.7 Å². The summed E-state index contributed by atoms with van der Waals surface area (Å²) in [5.74, 6) is -1.71. The lowest BCUT2D eigenvalue weighted by Gasteiger charge is -2.16. The lowest BCUT2D eigenvalue weighted by Crippen LogP contribution is -2.19. The van der Waals surface area contributed by atoms with E-state index in [1.54, 1.807) is 24.3 Å². The van der Waals surface area contributed by atoms with Crippen molar-refractivity contribution >= 4 is 17.2 Å². The largest absolute Gasteiger partial charge is 0.481 e. The zero-order valence-corrected chi connectivity index (χ0v) is 20.0. The summed E-state index contributed by atoms with van der Waals surface area (Å²) in [6, 6.07) is 20.5. The maximum absolute atomic E-state index is 13.8. The Balaban J connectivity index is 1.91. The van der Waals surface area contributed by atoms with Gasteiger partial charge < -0.3 is 15.3 Å². The van der Waals surface area contributed by atoms with E-state index in [1.807, 2.05) is 30.3 Å². The average molecular weight is 519 g/mol. The summed E-state index contributed by atoms with van der Waals surface area (Å²) in [4.78, 5) is 10.9. The highest BCUT2D eigenvalue weighted by Gasteiger charge is 2.19. The van der Waals surface area contributed by atoms with E-state index in [2.05, 4.69) is 15.5 Å². The number of aliphatic carboxylic acids is 1. The molecule has 0 radical (unpaired) electrons. The van der Waals surface area contributed by atoms with Crippen LogP contribution in [0.2, 0.25) is 0 Å². The van der Waals surface area contributed by atoms with Crippen LogP contribution in [0.4, 0.5) is 8.78 Å². The van der Waals surface area contributed by atoms with Crippen molar-refractivity contribution < 1.29 is 28.9 Å². The number of carbonyl (C=O) groups is 1. The number of aliphatic hydroxyl groups excluding tert-OH is 2. The first kappa shape index (κ1) is 26.5. The van der Waals surface area contributed by atoms with E-state index in [-0.39, 0.29) is 6.42 Å². The molecule has 0 unspecified atom stereocenters. The third-order valence-corrected chi connectivity index (χ3v) is 5.65. The topological polar surface area (TPSA) is 121 Å². The number of hydrogen-bond acceptors (Lipinski definition) is 6. The summed E-state index contributed by atoms with van der Waals surface area (Å²) in [6.07, 6.45) is -0.304. The van der Waals surface area contributed by atoms with Crippen molar-refractivity contribution in [2.75, 3.05) is 0 Å². The van der Waals surface area contributed by atoms with Crippen molar-refractivity contribution in [3.63, 3.8) is 0 Å². The summed E-state index contributed by atoms with van der Waals surface area (Å²) in [6.45, 7) is 0. The van der Waals surface area contributed by atoms with Gasteiger partial charge in [0.05, 0.1) is 24.3 Å². The molecule has 10 heteroatoms. The van der Waals surface area contributed by atoms with Crippen LogP contribution in [-0.2, 0) is 4.79 Å². The number of aromatic nitrogens is 4. The fraction of sp³-hybridized carbons (Fsp3) is 0.143. The predicted octanol–water partition coefficient (Wildman–Crippen LogP) is 4.18. The maximum atomic E-state index is 13.8. The molecule has 1 aromatic heterocycles. The Morgan fingerprint density at radius 2 is 1.47 bits per heavy atom. The number of benzene rings is 3. The van der Waals surface area contributed by atoms with Gasteiger partial charge in [-0.25, -0.2) is 8.78 Å². The van der Waals surface area contributed by atoms with E-state index in [4.69, 9.17) is 5.11 Å². The summed E-state index contributed by atoms with van der Waals surface area (Å²) in [7, 11) is 0. The van der Waals surface area contributed by atoms with Gasteiger partial charge in [0.2, 0.25) is 0 Å². The first-order valence-electron chi connectivity index (χ1n) is 11.7. The van der Waals surface area contributed by atoms with Gasteiger partial charge in [-0.2, -0.15) is 4.68 Å². The van der Waals surface area contributed by atoms with Crippen LogP contribution in [0.3, 0.4) is 0 Å². The van der Waals surface area contributed by atoms with Crippen LogP contribution >= 0.6 is 0 Å². The third kappa shape index (κ3) is 6.61. The Morgan fingerprint density at radius 3 is 2.03 bits per heavy atom. The smallest absolute Gasteiger partial charge is 0.305 e. The fourth-order valence-electron chi connectivity index (χ4n) is 3.92. The molecule has 8 nitrogen and oxygen atoms in total. The number of rotatable bonds is 10. The van der Waals surface area contributed by atoms with Gasteiger partial charge in [0, 0.05) is 17.6 Å². The fourth-order valence-corrected chi connectivity index (χ4v) is 3.92. The molecule has 0 aliphatic rings. The van der Waals surface area contributed by atoms with Gasteiger partial charge in [-0.15, -0.1) is 5.10 Å². The Morgan fingerprint density at radius 1 is 0.895 bits per heavy atom. The van der Waals surface area contributed by atoms with E-state index < -0.39 is 36.2 Å². The summed E-state index contributed by atoms with van der Waals surface area (Å²) >= 11 is 0. The molecule has 0 aliphatic heterocycles. The molecule has 0 saturated heterocycles. The van der Waals surface area contributed by atoms with Gasteiger partial charge >= 0.3 is 5.97 Å². The van der Waals surface area contributed by atoms with Crippen molar-refractivity contribution in [3.05, 3.63) is 114 Å². The van der Waals surface area contributed by atoms with Crippen molar-refractivity contribution in [2.24, 2.45) is 0 Å². The summed E-state index contributed by atoms with van der Waals surface area (Å²) in [5.41, 5.74) is 2.68. The number of aliphatic hydroxyl groups is 2. The first-order valence-corrected chi connectivity index (χ1v) is 11.7. The standard InChI is InChI=1S/C28H24F2N4O4/c29-21-10-6-18(7-11-21)27(19-8-12-22(30)13-9-19)25(15-14-23(35)16-24(36)17-26(37)38)34-28(31-32-33-34)20-4-2-1-3-5-20/h1-15,23-24,35-36H,16-17H2,(H,37,38)/b15-14+/t23-,24-/m1/s1. The SMILES string of the molecule is O=C(O)C[C@H](O)C[C@H](O)/C=C/C(=C(c1ccc(F)cc1)c1ccc(F)cc1)n1nnnc1-c1ccccc1. The number of halogens is 2. The van der Waals surface area contributed by atoms with Gasteiger partial charge in [0.25, 0.3) is 0 Å². The molecule has 0 fully saturated rings. The molecule has 0 saturated carbocycles. The van der Waals surface area contributed by atoms with Crippen molar-refractivity contribution in [1.82, 2.24) is 20.2 Å². The predicted molar refractivity (Wildman–Crippen MR) is 136 cm³/mol. The van der Waals surface area contributed by atoms with Gasteiger partial charge in [0.1, 0.15) is 11.6 Å². The van der Waals surface area contributed by atoms with E-state index in [1.165, 1.54) is 41.1 Å². The third-order valence-electron chi connectivity index (χ3n) is 5.65. The normalized spacial score (nSPS) is 12.8. The highest BCUT2D eigenvalue weighted by atomic mass is 19.1. The van der Waals surface area contributed by atoms with Gasteiger partial charge in [-0.05, 0) is 51.9 Å². The molecule has 3 N–H and O–H groups in total. The van der Waals surface area contributed by atoms with E-state index in [0.717, 1.165) is 0 Å². The van der Waals surface area contributed by atoms with Gasteiger partial charge in [-0.1, -0.05) is 60.7 Å². The number of hydrogen-bond donors (Lipinski definition) is 3. The molecule has 2 atom stereocenters. The van der Waals surface area contributed by atoms with Crippen LogP contribution in [0, 0.1) is 11.6 Å². The second kappa shape index (κ2) is 12.1. The van der Waals surface area contributed by atoms with E-state index >= 15 is 0 Å². The van der Waals surface area contributed by atoms with Crippen LogP contribution < -0.4 is 0 Å². The number of carboxylic acid groups (broad SMARTS) is 1. The maximum Gasteiger partial charge on any atom is 0.305 e. The Bertz CT molecular complexity index is 1390. The Labute approximate surface area is 216 Å². The second-order valence-electron chi connectivity index (χ2n) is 8.47. The molecular weight excluding hydrogens is 494 g/mol. The zero-order valence-electron chi connectivity index (χ0n) is 20.0. The zero-order chi connectivity index (χ0) is 27.1. The molecule has 4 rings (SSSR count). The van der Waals surface area contributed by atoms with E-state index in [9.17, 15) is 23.8 Å². The molecule has 4 aromatic rings. The lowest BCUT2D eigenvalue weighted by atomic mass is 9.95. The molecule has 0 aliphatic carbocycles. The molecule has 0 spiro atoms. The second-order valence-corrected chi connectivity index (χ2v) is 8.47. The average Bonchev–Trinajstić information content (AvgIpc) is 3.38. The summed E-state index contributed by atoms with van der Waals surface area (Å²) in [5, 5.41) is 41.5. The minimum Gasteiger partial charge on any atom is -0.481 e. The minimum absolute atomic E-state index is 0.223. The monoisotopic (exact) mass is 518 g/mol. The molecule has 3 aromatic carbocycles. The Hall–Kier alpha value is -4.54. The molecule has 0 bridgehead atoms. The number of nitrogens with zero attached hydrogens (tertiary/aromatic N) is 4. The molecule has 1 heterocycles. The number of carboxylic acids is 1. The van der Waals surface area contributed by atoms with Crippen LogP contribution in [0.15, 0.2) is 91.0 Å². The molecule has 194 valence electrons. The number of allylic oxidation sites excluding steroid dienone is 2. The van der Waals surface area contributed by atoms with Crippen LogP contribution in [0.1, 0.15) is 24.0 Å². The van der Waals surface area contributed by atoms with E-state index in [0.29, 0.717) is 33.8 Å². The highest BCUT2D eigenvalue weighted by Crippen LogP contribution is 2.32. The number of tetrazole rings is 1. The van der Waals surface area contributed by atoms with Crippen LogP contribution in [0.5, 0.6) is 0 Å². The quantitative estimate of drug-likeness (QED) is 0.269. The minimum atomic E-state index is -1.26. The van der Waals surface area contributed by atoms with Crippen molar-refractivity contribution in [2.45, 2.75) is 25.0 Å². The van der Waals surface area contributed by atoms with Crippen LogP contribution in [0.25, 0.3) is 22.7 Å². The van der Waals surface area contributed by atoms with Crippen molar-refractivity contribution in [3.8, 4) is 11.4 Å². The molecular formula is C28H24F2N4O4. The molecule has 38 heavy (non-hydrogen) atoms. The Kier molecular flexibility index (Phi) is 8.47. The van der Waals surface area contributed by atoms with Crippen molar-refractivity contribution in [1.29, 1.82) is 0 Å². The van der Waals surface area contributed by atoms with Gasteiger partial charge in [-0.3, -0.25) is 4.79 Å². The first-order chi connectivity index (χ1) is 18.3. The van der Waals surface area contributed by atoms with Gasteiger partial charge in [0.15, 0.2) is 5.82 Å². The highest BCUT2D eigenvalue weighted by molar-refractivity contribution is 5.97. The molecule has 0 amide bonds. The summed E-state index contributed by atoms with van der Waals surface area (Å²) < 4.78 is 29.1. The lowest BCUT2D eigenvalue weighted by molar-refractivity contribution is -0.139.